The van der Waals surface area contributed by atoms with E-state index in [9.17, 15) is 9.59 Å². The Kier molecular flexibility index (Phi) is 5.06. The third kappa shape index (κ3) is 3.55. The molecule has 1 aliphatic rings. The highest BCUT2D eigenvalue weighted by atomic mass is 16.2. The zero-order valence-electron chi connectivity index (χ0n) is 17.0. The maximum atomic E-state index is 13.4. The van der Waals surface area contributed by atoms with Crippen molar-refractivity contribution in [3.05, 3.63) is 101 Å². The predicted octanol–water partition coefficient (Wildman–Crippen LogP) is 3.74. The van der Waals surface area contributed by atoms with Crippen LogP contribution in [0.3, 0.4) is 0 Å². The molecule has 1 heterocycles. The van der Waals surface area contributed by atoms with E-state index in [2.05, 4.69) is 4.99 Å². The molecule has 0 aromatic heterocycles. The first-order valence-electron chi connectivity index (χ1n) is 9.83. The van der Waals surface area contributed by atoms with Crippen molar-refractivity contribution >= 4 is 23.1 Å². The predicted molar refractivity (Wildman–Crippen MR) is 119 cm³/mol. The van der Waals surface area contributed by atoms with Crippen molar-refractivity contribution in [2.45, 2.75) is 19.5 Å². The van der Waals surface area contributed by atoms with Gasteiger partial charge in [0.05, 0.1) is 17.9 Å². The normalized spacial score (nSPS) is 18.4. The molecule has 0 fully saturated rings. The zero-order chi connectivity index (χ0) is 21.3. The Morgan fingerprint density at radius 1 is 0.967 bits per heavy atom. The lowest BCUT2D eigenvalue weighted by molar-refractivity contribution is -0.122. The molecular weight excluding hydrogens is 374 g/mol. The fraction of sp³-hybridized carbons (Fsp3) is 0.160. The quantitative estimate of drug-likeness (QED) is 0.682. The summed E-state index contributed by atoms with van der Waals surface area (Å²) in [6, 6.07) is 24.5. The third-order valence-corrected chi connectivity index (χ3v) is 5.27. The van der Waals surface area contributed by atoms with Crippen LogP contribution in [0.5, 0.6) is 0 Å². The van der Waals surface area contributed by atoms with E-state index < -0.39 is 11.6 Å². The lowest BCUT2D eigenvalue weighted by Gasteiger charge is -2.27. The molecule has 2 N–H and O–H groups in total. The number of hydrogen-bond donors (Lipinski definition) is 1. The van der Waals surface area contributed by atoms with Crippen molar-refractivity contribution in [3.8, 4) is 0 Å². The van der Waals surface area contributed by atoms with E-state index in [-0.39, 0.29) is 12.3 Å². The zero-order valence-corrected chi connectivity index (χ0v) is 17.0. The molecule has 5 nitrogen and oxygen atoms in total. The molecule has 5 heteroatoms. The number of carbonyl (C=O) groups excluding carboxylic acids is 2. The lowest BCUT2D eigenvalue weighted by Crippen LogP contribution is -2.53. The molecule has 0 spiro atoms. The Balaban J connectivity index is 1.83. The number of hydrogen-bond acceptors (Lipinski definition) is 4. The Hall–Kier alpha value is -3.57. The summed E-state index contributed by atoms with van der Waals surface area (Å²) >= 11 is 0. The summed E-state index contributed by atoms with van der Waals surface area (Å²) in [5.41, 5.74) is 9.22. The smallest absolute Gasteiger partial charge is 0.269 e. The van der Waals surface area contributed by atoms with Crippen molar-refractivity contribution < 1.29 is 9.59 Å². The van der Waals surface area contributed by atoms with E-state index in [0.717, 1.165) is 16.7 Å². The summed E-state index contributed by atoms with van der Waals surface area (Å²) in [6.45, 7) is 3.36. The van der Waals surface area contributed by atoms with Crippen LogP contribution in [0.15, 0.2) is 83.9 Å². The standard InChI is InChI=1S/C25H23N3O2/c1-17-10-6-7-13-19(17)22(29)16-28-21-15-9-8-14-20(21)23(18-11-4-3-5-12-18)27-25(2,26)24(28)30/h3-15H,16,26H2,1-2H3. The van der Waals surface area contributed by atoms with Crippen LogP contribution in [0, 0.1) is 6.92 Å². The summed E-state index contributed by atoms with van der Waals surface area (Å²) in [5.74, 6) is -0.557. The Morgan fingerprint density at radius 3 is 2.33 bits per heavy atom. The number of aliphatic imine (C=N–C) groups is 1. The van der Waals surface area contributed by atoms with Crippen LogP contribution in [0.25, 0.3) is 0 Å². The number of aryl methyl sites for hydroxylation is 1. The molecule has 0 bridgehead atoms. The highest BCUT2D eigenvalue weighted by Gasteiger charge is 2.39. The SMILES string of the molecule is Cc1ccccc1C(=O)CN1C(=O)C(C)(N)N=C(c2ccccc2)c2ccccc21. The molecule has 0 saturated heterocycles. The number of fused-ring (bicyclic) bond motifs is 1. The molecule has 1 aliphatic heterocycles. The van der Waals surface area contributed by atoms with Gasteiger partial charge in [0.15, 0.2) is 11.4 Å². The maximum Gasteiger partial charge on any atom is 0.269 e. The number of para-hydroxylation sites is 1. The van der Waals surface area contributed by atoms with Crippen molar-refractivity contribution in [2.24, 2.45) is 10.7 Å². The summed E-state index contributed by atoms with van der Waals surface area (Å²) in [4.78, 5) is 32.6. The van der Waals surface area contributed by atoms with E-state index in [1.54, 1.807) is 13.0 Å². The van der Waals surface area contributed by atoms with E-state index in [0.29, 0.717) is 17.0 Å². The lowest BCUT2D eigenvalue weighted by atomic mass is 9.99. The number of rotatable bonds is 4. The molecule has 0 aliphatic carbocycles. The maximum absolute atomic E-state index is 13.4. The fourth-order valence-electron chi connectivity index (χ4n) is 3.72. The fourth-order valence-corrected chi connectivity index (χ4v) is 3.72. The van der Waals surface area contributed by atoms with Gasteiger partial charge in [0.2, 0.25) is 0 Å². The first-order valence-corrected chi connectivity index (χ1v) is 9.83. The second kappa shape index (κ2) is 7.69. The minimum absolute atomic E-state index is 0.106. The van der Waals surface area contributed by atoms with Crippen LogP contribution >= 0.6 is 0 Å². The number of anilines is 1. The highest BCUT2D eigenvalue weighted by molar-refractivity contribution is 6.21. The number of ketones is 1. The third-order valence-electron chi connectivity index (χ3n) is 5.27. The van der Waals surface area contributed by atoms with Gasteiger partial charge in [0.1, 0.15) is 0 Å². The molecular formula is C25H23N3O2. The molecule has 0 saturated carbocycles. The van der Waals surface area contributed by atoms with Gasteiger partial charge >= 0.3 is 0 Å². The van der Waals surface area contributed by atoms with Crippen LogP contribution in [0.2, 0.25) is 0 Å². The molecule has 30 heavy (non-hydrogen) atoms. The number of carbonyl (C=O) groups is 2. The number of Topliss-reactive ketones (excluding diaryl/α,β-unsaturated/α-hetero) is 1. The van der Waals surface area contributed by atoms with Crippen LogP contribution in [-0.4, -0.2) is 29.6 Å². The molecule has 3 aromatic carbocycles. The van der Waals surface area contributed by atoms with Crippen molar-refractivity contribution in [2.75, 3.05) is 11.4 Å². The largest absolute Gasteiger partial charge is 0.301 e. The van der Waals surface area contributed by atoms with Crippen LogP contribution in [0.4, 0.5) is 5.69 Å². The van der Waals surface area contributed by atoms with Crippen molar-refractivity contribution in [3.63, 3.8) is 0 Å². The van der Waals surface area contributed by atoms with E-state index >= 15 is 0 Å². The number of nitrogens with zero attached hydrogens (tertiary/aromatic N) is 2. The van der Waals surface area contributed by atoms with Gasteiger partial charge in [-0.1, -0.05) is 72.8 Å². The topological polar surface area (TPSA) is 75.8 Å². The second-order valence-corrected chi connectivity index (χ2v) is 7.62. The van der Waals surface area contributed by atoms with Gasteiger partial charge in [-0.3, -0.25) is 20.3 Å². The van der Waals surface area contributed by atoms with E-state index in [4.69, 9.17) is 5.73 Å². The first kappa shape index (κ1) is 19.7. The van der Waals surface area contributed by atoms with Gasteiger partial charge in [-0.15, -0.1) is 0 Å². The Bertz CT molecular complexity index is 1150. The minimum atomic E-state index is -1.50. The first-order chi connectivity index (χ1) is 14.4. The molecule has 1 amide bonds. The Morgan fingerprint density at radius 2 is 1.60 bits per heavy atom. The molecule has 0 radical (unpaired) electrons. The highest BCUT2D eigenvalue weighted by Crippen LogP contribution is 2.30. The number of amides is 1. The van der Waals surface area contributed by atoms with E-state index in [1.807, 2.05) is 79.7 Å². The molecule has 1 unspecified atom stereocenters. The second-order valence-electron chi connectivity index (χ2n) is 7.62. The van der Waals surface area contributed by atoms with Crippen LogP contribution in [0.1, 0.15) is 34.0 Å². The van der Waals surface area contributed by atoms with Gasteiger partial charge in [0, 0.05) is 16.7 Å². The van der Waals surface area contributed by atoms with Crippen LogP contribution < -0.4 is 10.6 Å². The molecule has 3 aromatic rings. The van der Waals surface area contributed by atoms with Gasteiger partial charge in [-0.2, -0.15) is 0 Å². The average Bonchev–Trinajstić information content (AvgIpc) is 2.83. The average molecular weight is 397 g/mol. The summed E-state index contributed by atoms with van der Waals surface area (Å²) in [6.07, 6.45) is 0. The van der Waals surface area contributed by atoms with Crippen LogP contribution in [-0.2, 0) is 4.79 Å². The van der Waals surface area contributed by atoms with Gasteiger partial charge in [0.25, 0.3) is 5.91 Å². The van der Waals surface area contributed by atoms with Gasteiger partial charge < -0.3 is 4.90 Å². The van der Waals surface area contributed by atoms with Gasteiger partial charge in [-0.05, 0) is 25.5 Å². The minimum Gasteiger partial charge on any atom is -0.301 e. The van der Waals surface area contributed by atoms with Crippen molar-refractivity contribution in [1.29, 1.82) is 0 Å². The summed E-state index contributed by atoms with van der Waals surface area (Å²) in [5, 5.41) is 0. The monoisotopic (exact) mass is 397 g/mol. The molecule has 1 atom stereocenters. The number of benzodiazepines with no additional fused rings is 1. The summed E-state index contributed by atoms with van der Waals surface area (Å²) in [7, 11) is 0. The number of benzene rings is 3. The van der Waals surface area contributed by atoms with Crippen molar-refractivity contribution in [1.82, 2.24) is 0 Å². The van der Waals surface area contributed by atoms with Gasteiger partial charge in [-0.25, -0.2) is 0 Å². The molecule has 150 valence electrons. The summed E-state index contributed by atoms with van der Waals surface area (Å²) < 4.78 is 0. The van der Waals surface area contributed by atoms with E-state index in [1.165, 1.54) is 4.90 Å². The number of nitrogens with two attached hydrogens (primary N) is 1. The Labute approximate surface area is 175 Å². The molecule has 4 rings (SSSR count).